The molecule has 0 saturated heterocycles. The highest BCUT2D eigenvalue weighted by atomic mass is 35.5. The lowest BCUT2D eigenvalue weighted by Crippen LogP contribution is -2.40. The number of allylic oxidation sites excluding steroid dienone is 1. The Morgan fingerprint density at radius 1 is 1.30 bits per heavy atom. The monoisotopic (exact) mass is 484 g/mol. The van der Waals surface area contributed by atoms with Crippen LogP contribution in [0.3, 0.4) is 0 Å². The summed E-state index contributed by atoms with van der Waals surface area (Å²) in [5.41, 5.74) is 1.71. The van der Waals surface area contributed by atoms with Crippen LogP contribution in [0.5, 0.6) is 11.5 Å². The number of methoxy groups -OCH3 is 1. The van der Waals surface area contributed by atoms with Gasteiger partial charge in [0.1, 0.15) is 6.04 Å². The standard InChI is InChI=1S/C24H21ClN2O5S/c1-4-32-23(30)20-13(2)26-24-27(21(20)15-7-5-6-8-16(15)25)22(29)19(33-24)12-14-9-10-17(28)18(11-14)31-3/h5-12,21,28H,4H2,1-3H3. The highest BCUT2D eigenvalue weighted by molar-refractivity contribution is 7.07. The number of hydrogen-bond donors (Lipinski definition) is 1. The van der Waals surface area contributed by atoms with Crippen LogP contribution in [0.15, 0.2) is 63.5 Å². The zero-order valence-electron chi connectivity index (χ0n) is 18.2. The van der Waals surface area contributed by atoms with Crippen LogP contribution >= 0.6 is 22.9 Å². The molecule has 0 aliphatic carbocycles. The molecule has 1 aliphatic rings. The Morgan fingerprint density at radius 2 is 2.06 bits per heavy atom. The van der Waals surface area contributed by atoms with E-state index in [1.807, 2.05) is 0 Å². The molecule has 4 rings (SSSR count). The largest absolute Gasteiger partial charge is 0.504 e. The van der Waals surface area contributed by atoms with Gasteiger partial charge in [-0.15, -0.1) is 0 Å². The topological polar surface area (TPSA) is 90.1 Å². The summed E-state index contributed by atoms with van der Waals surface area (Å²) in [5.74, 6) is -0.239. The van der Waals surface area contributed by atoms with Crippen LogP contribution in [0.4, 0.5) is 0 Å². The number of ether oxygens (including phenoxy) is 2. The van der Waals surface area contributed by atoms with E-state index in [0.717, 1.165) is 0 Å². The molecule has 0 bridgehead atoms. The molecule has 2 aromatic carbocycles. The van der Waals surface area contributed by atoms with Crippen LogP contribution in [0.1, 0.15) is 31.0 Å². The van der Waals surface area contributed by atoms with E-state index in [1.54, 1.807) is 56.3 Å². The van der Waals surface area contributed by atoms with Crippen LogP contribution in [-0.4, -0.2) is 29.4 Å². The smallest absolute Gasteiger partial charge is 0.338 e. The van der Waals surface area contributed by atoms with Crippen molar-refractivity contribution in [3.63, 3.8) is 0 Å². The van der Waals surface area contributed by atoms with Gasteiger partial charge in [0.25, 0.3) is 5.56 Å². The molecule has 1 aromatic heterocycles. The van der Waals surface area contributed by atoms with E-state index < -0.39 is 12.0 Å². The van der Waals surface area contributed by atoms with E-state index in [-0.39, 0.29) is 23.5 Å². The third-order valence-corrected chi connectivity index (χ3v) is 6.55. The van der Waals surface area contributed by atoms with E-state index in [1.165, 1.54) is 29.1 Å². The molecule has 0 radical (unpaired) electrons. The molecule has 0 spiro atoms. The van der Waals surface area contributed by atoms with E-state index in [0.29, 0.717) is 36.9 Å². The molecule has 1 aliphatic heterocycles. The van der Waals surface area contributed by atoms with Crippen molar-refractivity contribution in [1.82, 2.24) is 4.57 Å². The minimum absolute atomic E-state index is 0.00420. The van der Waals surface area contributed by atoms with Crippen molar-refractivity contribution in [3.05, 3.63) is 89.6 Å². The number of thiazole rings is 1. The van der Waals surface area contributed by atoms with Crippen LogP contribution in [0.2, 0.25) is 5.02 Å². The molecule has 1 N–H and O–H groups in total. The molecule has 1 atom stereocenters. The Hall–Kier alpha value is -3.36. The van der Waals surface area contributed by atoms with Gasteiger partial charge in [-0.05, 0) is 49.2 Å². The summed E-state index contributed by atoms with van der Waals surface area (Å²) in [6.07, 6.45) is 1.69. The number of halogens is 1. The molecule has 7 nitrogen and oxygen atoms in total. The van der Waals surface area contributed by atoms with Crippen LogP contribution < -0.4 is 19.6 Å². The fourth-order valence-electron chi connectivity index (χ4n) is 3.72. The average molecular weight is 485 g/mol. The maximum Gasteiger partial charge on any atom is 0.338 e. The van der Waals surface area contributed by atoms with Crippen molar-refractivity contribution >= 4 is 35.0 Å². The number of phenols is 1. The van der Waals surface area contributed by atoms with Crippen LogP contribution in [0.25, 0.3) is 6.08 Å². The molecule has 3 aromatic rings. The molecule has 33 heavy (non-hydrogen) atoms. The van der Waals surface area contributed by atoms with Gasteiger partial charge in [0.2, 0.25) is 0 Å². The van der Waals surface area contributed by atoms with Crippen molar-refractivity contribution in [2.45, 2.75) is 19.9 Å². The first-order chi connectivity index (χ1) is 15.8. The first kappa shape index (κ1) is 22.8. The number of aromatic nitrogens is 1. The van der Waals surface area contributed by atoms with E-state index in [4.69, 9.17) is 21.1 Å². The van der Waals surface area contributed by atoms with Crippen LogP contribution in [-0.2, 0) is 9.53 Å². The van der Waals surface area contributed by atoms with Gasteiger partial charge in [0, 0.05) is 5.02 Å². The summed E-state index contributed by atoms with van der Waals surface area (Å²) in [4.78, 5) is 31.4. The zero-order chi connectivity index (χ0) is 23.7. The Morgan fingerprint density at radius 3 is 2.76 bits per heavy atom. The number of benzene rings is 2. The van der Waals surface area contributed by atoms with E-state index >= 15 is 0 Å². The summed E-state index contributed by atoms with van der Waals surface area (Å²) in [6, 6.07) is 11.1. The summed E-state index contributed by atoms with van der Waals surface area (Å²) in [6.45, 7) is 3.63. The first-order valence-corrected chi connectivity index (χ1v) is 11.4. The van der Waals surface area contributed by atoms with Gasteiger partial charge < -0.3 is 14.6 Å². The van der Waals surface area contributed by atoms with Crippen molar-refractivity contribution in [2.75, 3.05) is 13.7 Å². The average Bonchev–Trinajstić information content (AvgIpc) is 3.09. The molecule has 170 valence electrons. The third kappa shape index (κ3) is 4.19. The number of rotatable bonds is 5. The Labute approximate surface area is 198 Å². The lowest BCUT2D eigenvalue weighted by atomic mass is 9.96. The van der Waals surface area contributed by atoms with Gasteiger partial charge in [-0.1, -0.05) is 47.2 Å². The normalized spacial score (nSPS) is 15.8. The lowest BCUT2D eigenvalue weighted by Gasteiger charge is -2.25. The zero-order valence-corrected chi connectivity index (χ0v) is 19.7. The minimum Gasteiger partial charge on any atom is -0.504 e. The molecule has 9 heteroatoms. The molecule has 0 amide bonds. The van der Waals surface area contributed by atoms with Crippen molar-refractivity contribution in [3.8, 4) is 11.5 Å². The van der Waals surface area contributed by atoms with Gasteiger partial charge in [0.15, 0.2) is 16.3 Å². The fraction of sp³-hybridized carbons (Fsp3) is 0.208. The number of phenolic OH excluding ortho intramolecular Hbond substituents is 1. The number of hydrogen-bond acceptors (Lipinski definition) is 7. The van der Waals surface area contributed by atoms with Gasteiger partial charge in [0.05, 0.1) is 29.5 Å². The minimum atomic E-state index is -0.773. The van der Waals surface area contributed by atoms with Crippen molar-refractivity contribution < 1.29 is 19.4 Å². The number of carbonyl (C=O) groups excluding carboxylic acids is 1. The second-order valence-corrected chi connectivity index (χ2v) is 8.67. The molecular formula is C24H21ClN2O5S. The molecular weight excluding hydrogens is 464 g/mol. The number of fused-ring (bicyclic) bond motifs is 1. The highest BCUT2D eigenvalue weighted by Gasteiger charge is 2.34. The van der Waals surface area contributed by atoms with Gasteiger partial charge in [-0.3, -0.25) is 9.36 Å². The van der Waals surface area contributed by atoms with Gasteiger partial charge >= 0.3 is 5.97 Å². The number of carbonyl (C=O) groups is 1. The maximum atomic E-state index is 13.6. The van der Waals surface area contributed by atoms with Gasteiger partial charge in [-0.25, -0.2) is 9.79 Å². The molecule has 1 unspecified atom stereocenters. The predicted octanol–water partition coefficient (Wildman–Crippen LogP) is 3.17. The van der Waals surface area contributed by atoms with Crippen molar-refractivity contribution in [2.24, 2.45) is 4.99 Å². The number of esters is 1. The Kier molecular flexibility index (Phi) is 6.40. The third-order valence-electron chi connectivity index (χ3n) is 5.22. The van der Waals surface area contributed by atoms with E-state index in [2.05, 4.69) is 4.99 Å². The summed E-state index contributed by atoms with van der Waals surface area (Å²) < 4.78 is 12.3. The number of aromatic hydroxyl groups is 1. The quantitative estimate of drug-likeness (QED) is 0.562. The summed E-state index contributed by atoms with van der Waals surface area (Å²) in [7, 11) is 1.45. The lowest BCUT2D eigenvalue weighted by molar-refractivity contribution is -0.139. The maximum absolute atomic E-state index is 13.6. The SMILES string of the molecule is CCOC(=O)C1=C(C)N=c2sc(=Cc3ccc(O)c(OC)c3)c(=O)n2C1c1ccccc1Cl. The number of nitrogens with zero attached hydrogens (tertiary/aromatic N) is 2. The molecule has 0 saturated carbocycles. The summed E-state index contributed by atoms with van der Waals surface area (Å²) >= 11 is 7.70. The first-order valence-electron chi connectivity index (χ1n) is 10.2. The van der Waals surface area contributed by atoms with Crippen LogP contribution in [0, 0.1) is 0 Å². The van der Waals surface area contributed by atoms with E-state index in [9.17, 15) is 14.7 Å². The Bertz CT molecular complexity index is 1450. The predicted molar refractivity (Wildman–Crippen MR) is 127 cm³/mol. The molecule has 0 fully saturated rings. The second kappa shape index (κ2) is 9.25. The van der Waals surface area contributed by atoms with Gasteiger partial charge in [-0.2, -0.15) is 0 Å². The highest BCUT2D eigenvalue weighted by Crippen LogP contribution is 2.34. The second-order valence-electron chi connectivity index (χ2n) is 7.26. The van der Waals surface area contributed by atoms with Crippen molar-refractivity contribution in [1.29, 1.82) is 0 Å². The Balaban J connectivity index is 1.96. The fourth-order valence-corrected chi connectivity index (χ4v) is 5.00. The summed E-state index contributed by atoms with van der Waals surface area (Å²) in [5, 5.41) is 10.3. The molecule has 2 heterocycles.